The molecule has 1 fully saturated rings. The van der Waals surface area contributed by atoms with Crippen LogP contribution in [0.25, 0.3) is 10.9 Å². The Morgan fingerprint density at radius 1 is 1.43 bits per heavy atom. The van der Waals surface area contributed by atoms with Gasteiger partial charge in [-0.15, -0.1) is 11.3 Å². The molecule has 0 unspecified atom stereocenters. The standard InChI is InChI=1S/C15H12FN3OS/c16-10-2-1-3-11-9(10)6-12(17-11)14(20)19-15-18-13(7-21-15)8-4-5-8/h1-3,6-8,17H,4-5H2,(H,18,19,20). The summed E-state index contributed by atoms with van der Waals surface area (Å²) in [6.07, 6.45) is 2.36. The topological polar surface area (TPSA) is 57.8 Å². The first-order valence-corrected chi connectivity index (χ1v) is 7.63. The summed E-state index contributed by atoms with van der Waals surface area (Å²) >= 11 is 1.42. The second-order valence-corrected chi connectivity index (χ2v) is 6.05. The third-order valence-electron chi connectivity index (χ3n) is 3.59. The molecule has 4 rings (SSSR count). The molecule has 2 aromatic heterocycles. The molecule has 106 valence electrons. The Morgan fingerprint density at radius 3 is 3.05 bits per heavy atom. The number of benzene rings is 1. The second-order valence-electron chi connectivity index (χ2n) is 5.19. The van der Waals surface area contributed by atoms with Crippen molar-refractivity contribution in [3.63, 3.8) is 0 Å². The Bertz CT molecular complexity index is 834. The minimum absolute atomic E-state index is 0.303. The second kappa shape index (κ2) is 4.66. The number of anilines is 1. The van der Waals surface area contributed by atoms with Crippen molar-refractivity contribution in [3.05, 3.63) is 46.9 Å². The van der Waals surface area contributed by atoms with Crippen LogP contribution in [-0.2, 0) is 0 Å². The van der Waals surface area contributed by atoms with Gasteiger partial charge >= 0.3 is 0 Å². The van der Waals surface area contributed by atoms with Crippen LogP contribution in [-0.4, -0.2) is 15.9 Å². The number of carbonyl (C=O) groups excluding carboxylic acids is 1. The Balaban J connectivity index is 1.58. The first-order chi connectivity index (χ1) is 10.2. The summed E-state index contributed by atoms with van der Waals surface area (Å²) in [6.45, 7) is 0. The van der Waals surface area contributed by atoms with Crippen molar-refractivity contribution in [2.24, 2.45) is 0 Å². The number of hydrogen-bond acceptors (Lipinski definition) is 3. The lowest BCUT2D eigenvalue weighted by atomic mass is 10.2. The normalized spacial score (nSPS) is 14.5. The summed E-state index contributed by atoms with van der Waals surface area (Å²) < 4.78 is 13.6. The van der Waals surface area contributed by atoms with Crippen LogP contribution < -0.4 is 5.32 Å². The molecule has 3 aromatic rings. The highest BCUT2D eigenvalue weighted by molar-refractivity contribution is 7.14. The minimum Gasteiger partial charge on any atom is -0.350 e. The number of hydrogen-bond donors (Lipinski definition) is 2. The zero-order valence-electron chi connectivity index (χ0n) is 11.0. The van der Waals surface area contributed by atoms with Gasteiger partial charge in [0, 0.05) is 22.2 Å². The Kier molecular flexibility index (Phi) is 2.78. The number of H-pyrrole nitrogens is 1. The van der Waals surface area contributed by atoms with Crippen LogP contribution >= 0.6 is 11.3 Å². The SMILES string of the molecule is O=C(Nc1nc(C2CC2)cs1)c1cc2c(F)cccc2[nH]1. The van der Waals surface area contributed by atoms with E-state index in [0.29, 0.717) is 27.6 Å². The summed E-state index contributed by atoms with van der Waals surface area (Å²) in [5.74, 6) is -0.0792. The largest absolute Gasteiger partial charge is 0.350 e. The van der Waals surface area contributed by atoms with Gasteiger partial charge in [-0.2, -0.15) is 0 Å². The summed E-state index contributed by atoms with van der Waals surface area (Å²) in [5.41, 5.74) is 1.99. The molecule has 1 amide bonds. The van der Waals surface area contributed by atoms with Crippen LogP contribution in [0.3, 0.4) is 0 Å². The Labute approximate surface area is 124 Å². The van der Waals surface area contributed by atoms with E-state index >= 15 is 0 Å². The molecule has 0 aliphatic heterocycles. The van der Waals surface area contributed by atoms with Crippen LogP contribution in [0, 0.1) is 5.82 Å². The van der Waals surface area contributed by atoms with Gasteiger partial charge in [0.25, 0.3) is 5.91 Å². The number of halogens is 1. The fourth-order valence-electron chi connectivity index (χ4n) is 2.32. The highest BCUT2D eigenvalue weighted by Crippen LogP contribution is 2.40. The van der Waals surface area contributed by atoms with E-state index < -0.39 is 0 Å². The molecule has 0 bridgehead atoms. The Morgan fingerprint density at radius 2 is 2.29 bits per heavy atom. The van der Waals surface area contributed by atoms with Gasteiger partial charge < -0.3 is 4.98 Å². The number of aromatic nitrogens is 2. The number of carbonyl (C=O) groups is 1. The third kappa shape index (κ3) is 2.31. The van der Waals surface area contributed by atoms with Crippen molar-refractivity contribution in [2.75, 3.05) is 5.32 Å². The zero-order chi connectivity index (χ0) is 14.4. The maximum Gasteiger partial charge on any atom is 0.273 e. The molecule has 4 nitrogen and oxygen atoms in total. The van der Waals surface area contributed by atoms with E-state index in [0.717, 1.165) is 5.69 Å². The summed E-state index contributed by atoms with van der Waals surface area (Å²) in [4.78, 5) is 19.5. The van der Waals surface area contributed by atoms with Crippen LogP contribution in [0.4, 0.5) is 9.52 Å². The predicted octanol–water partition coefficient (Wildman–Crippen LogP) is 3.89. The van der Waals surface area contributed by atoms with Crippen LogP contribution in [0.1, 0.15) is 34.9 Å². The molecular weight excluding hydrogens is 289 g/mol. The van der Waals surface area contributed by atoms with Gasteiger partial charge in [0.2, 0.25) is 0 Å². The number of nitrogens with one attached hydrogen (secondary N) is 2. The van der Waals surface area contributed by atoms with Crippen LogP contribution in [0.5, 0.6) is 0 Å². The molecule has 0 atom stereocenters. The third-order valence-corrected chi connectivity index (χ3v) is 4.37. The summed E-state index contributed by atoms with van der Waals surface area (Å²) in [5, 5.41) is 5.74. The molecule has 2 heterocycles. The van der Waals surface area contributed by atoms with Gasteiger partial charge in [0.05, 0.1) is 5.69 Å². The number of nitrogens with zero attached hydrogens (tertiary/aromatic N) is 1. The molecular formula is C15H12FN3OS. The fourth-order valence-corrected chi connectivity index (χ4v) is 3.10. The van der Waals surface area contributed by atoms with E-state index in [4.69, 9.17) is 0 Å². The van der Waals surface area contributed by atoms with Crippen molar-refractivity contribution in [1.82, 2.24) is 9.97 Å². The molecule has 0 radical (unpaired) electrons. The number of thiazole rings is 1. The summed E-state index contributed by atoms with van der Waals surface area (Å²) in [7, 11) is 0. The average molecular weight is 301 g/mol. The number of fused-ring (bicyclic) bond motifs is 1. The van der Waals surface area contributed by atoms with Crippen LogP contribution in [0.15, 0.2) is 29.6 Å². The van der Waals surface area contributed by atoms with Crippen molar-refractivity contribution in [1.29, 1.82) is 0 Å². The number of aromatic amines is 1. The van der Waals surface area contributed by atoms with E-state index in [1.807, 2.05) is 5.38 Å². The first-order valence-electron chi connectivity index (χ1n) is 6.75. The van der Waals surface area contributed by atoms with Gasteiger partial charge in [0.1, 0.15) is 11.5 Å². The first kappa shape index (κ1) is 12.5. The molecule has 0 spiro atoms. The molecule has 0 saturated heterocycles. The predicted molar refractivity (Wildman–Crippen MR) is 80.3 cm³/mol. The number of rotatable bonds is 3. The maximum absolute atomic E-state index is 13.6. The zero-order valence-corrected chi connectivity index (χ0v) is 11.8. The molecule has 21 heavy (non-hydrogen) atoms. The van der Waals surface area contributed by atoms with Crippen molar-refractivity contribution in [3.8, 4) is 0 Å². The molecule has 1 aliphatic rings. The van der Waals surface area contributed by atoms with Crippen molar-refractivity contribution < 1.29 is 9.18 Å². The van der Waals surface area contributed by atoms with Gasteiger partial charge in [-0.25, -0.2) is 9.37 Å². The Hall–Kier alpha value is -2.21. The molecule has 2 N–H and O–H groups in total. The van der Waals surface area contributed by atoms with Gasteiger partial charge in [0.15, 0.2) is 5.13 Å². The molecule has 1 aliphatic carbocycles. The molecule has 6 heteroatoms. The van der Waals surface area contributed by atoms with E-state index in [9.17, 15) is 9.18 Å². The van der Waals surface area contributed by atoms with E-state index in [2.05, 4.69) is 15.3 Å². The van der Waals surface area contributed by atoms with Gasteiger partial charge in [-0.05, 0) is 31.0 Å². The van der Waals surface area contributed by atoms with E-state index in [1.165, 1.54) is 36.3 Å². The highest BCUT2D eigenvalue weighted by Gasteiger charge is 2.26. The highest BCUT2D eigenvalue weighted by atomic mass is 32.1. The van der Waals surface area contributed by atoms with E-state index in [1.54, 1.807) is 12.1 Å². The minimum atomic E-state index is -0.340. The lowest BCUT2D eigenvalue weighted by Crippen LogP contribution is -2.12. The van der Waals surface area contributed by atoms with Crippen molar-refractivity contribution >= 4 is 33.3 Å². The molecule has 1 saturated carbocycles. The van der Waals surface area contributed by atoms with E-state index in [-0.39, 0.29) is 11.7 Å². The lowest BCUT2D eigenvalue weighted by Gasteiger charge is -1.98. The fraction of sp³-hybridized carbons (Fsp3) is 0.200. The average Bonchev–Trinajstić information content (AvgIpc) is 3.05. The smallest absolute Gasteiger partial charge is 0.273 e. The quantitative estimate of drug-likeness (QED) is 0.771. The maximum atomic E-state index is 13.6. The summed E-state index contributed by atoms with van der Waals surface area (Å²) in [6, 6.07) is 6.25. The van der Waals surface area contributed by atoms with Gasteiger partial charge in [-0.1, -0.05) is 6.07 Å². The van der Waals surface area contributed by atoms with Crippen molar-refractivity contribution in [2.45, 2.75) is 18.8 Å². The monoisotopic (exact) mass is 301 g/mol. The van der Waals surface area contributed by atoms with Crippen LogP contribution in [0.2, 0.25) is 0 Å². The lowest BCUT2D eigenvalue weighted by molar-refractivity contribution is 0.102. The molecule has 1 aromatic carbocycles. The van der Waals surface area contributed by atoms with Gasteiger partial charge in [-0.3, -0.25) is 10.1 Å². The number of amides is 1.